The maximum Gasteiger partial charge on any atom is 0.303 e. The van der Waals surface area contributed by atoms with Crippen molar-refractivity contribution in [3.05, 3.63) is 53.8 Å². The van der Waals surface area contributed by atoms with Crippen LogP contribution >= 0.6 is 0 Å². The summed E-state index contributed by atoms with van der Waals surface area (Å²) in [6.07, 6.45) is 0.448. The lowest BCUT2D eigenvalue weighted by Crippen LogP contribution is -1.98. The van der Waals surface area contributed by atoms with Crippen molar-refractivity contribution in [2.24, 2.45) is 0 Å². The van der Waals surface area contributed by atoms with Crippen molar-refractivity contribution in [2.75, 3.05) is 7.11 Å². The zero-order chi connectivity index (χ0) is 14.5. The first kappa shape index (κ1) is 14.1. The third kappa shape index (κ3) is 3.15. The van der Waals surface area contributed by atoms with Crippen LogP contribution in [0.3, 0.4) is 0 Å². The molecule has 0 radical (unpaired) electrons. The molecular formula is C16H15FO3. The number of hydrogen-bond donors (Lipinski definition) is 1. The molecule has 2 aromatic rings. The summed E-state index contributed by atoms with van der Waals surface area (Å²) < 4.78 is 19.1. The van der Waals surface area contributed by atoms with Crippen molar-refractivity contribution in [3.63, 3.8) is 0 Å². The van der Waals surface area contributed by atoms with Crippen LogP contribution in [0.15, 0.2) is 42.5 Å². The largest absolute Gasteiger partial charge is 0.496 e. The highest BCUT2D eigenvalue weighted by Gasteiger charge is 2.11. The van der Waals surface area contributed by atoms with Gasteiger partial charge in [-0.1, -0.05) is 24.3 Å². The number of aryl methyl sites for hydroxylation is 1. The van der Waals surface area contributed by atoms with Gasteiger partial charge < -0.3 is 9.84 Å². The van der Waals surface area contributed by atoms with Crippen molar-refractivity contribution >= 4 is 5.97 Å². The Morgan fingerprint density at radius 1 is 1.20 bits per heavy atom. The van der Waals surface area contributed by atoms with Gasteiger partial charge in [0.2, 0.25) is 0 Å². The predicted octanol–water partition coefficient (Wildman–Crippen LogP) is 3.52. The van der Waals surface area contributed by atoms with E-state index in [1.165, 1.54) is 13.2 Å². The van der Waals surface area contributed by atoms with Crippen LogP contribution in [0.25, 0.3) is 11.1 Å². The van der Waals surface area contributed by atoms with Crippen molar-refractivity contribution in [2.45, 2.75) is 12.8 Å². The van der Waals surface area contributed by atoms with E-state index in [0.29, 0.717) is 23.3 Å². The molecule has 0 saturated heterocycles. The average Bonchev–Trinajstić information content (AvgIpc) is 2.45. The number of ether oxygens (including phenoxy) is 1. The van der Waals surface area contributed by atoms with Crippen molar-refractivity contribution < 1.29 is 19.0 Å². The Labute approximate surface area is 116 Å². The summed E-state index contributed by atoms with van der Waals surface area (Å²) >= 11 is 0. The van der Waals surface area contributed by atoms with Gasteiger partial charge in [0.1, 0.15) is 11.6 Å². The Kier molecular flexibility index (Phi) is 4.35. The molecule has 2 rings (SSSR count). The number of methoxy groups -OCH3 is 1. The second kappa shape index (κ2) is 6.19. The molecule has 0 fully saturated rings. The van der Waals surface area contributed by atoms with Crippen LogP contribution in [0.4, 0.5) is 4.39 Å². The average molecular weight is 274 g/mol. The standard InChI is InChI=1S/C16H15FO3/c1-20-15-8-6-11(7-9-16(18)19)10-13(15)12-4-2-3-5-14(12)17/h2-6,8,10H,7,9H2,1H3,(H,18,19). The number of carboxylic acids is 1. The Morgan fingerprint density at radius 3 is 2.60 bits per heavy atom. The molecule has 0 aliphatic carbocycles. The first-order valence-corrected chi connectivity index (χ1v) is 6.25. The highest BCUT2D eigenvalue weighted by atomic mass is 19.1. The quantitative estimate of drug-likeness (QED) is 0.907. The van der Waals surface area contributed by atoms with Gasteiger partial charge in [-0.05, 0) is 30.2 Å². The van der Waals surface area contributed by atoms with Gasteiger partial charge in [0.15, 0.2) is 0 Å². The van der Waals surface area contributed by atoms with E-state index in [1.54, 1.807) is 36.4 Å². The Morgan fingerprint density at radius 2 is 1.95 bits per heavy atom. The van der Waals surface area contributed by atoms with Gasteiger partial charge >= 0.3 is 5.97 Å². The van der Waals surface area contributed by atoms with Gasteiger partial charge in [0, 0.05) is 17.5 Å². The van der Waals surface area contributed by atoms with Gasteiger partial charge in [0.05, 0.1) is 7.11 Å². The van der Waals surface area contributed by atoms with E-state index in [9.17, 15) is 9.18 Å². The molecule has 0 atom stereocenters. The molecule has 4 heteroatoms. The fraction of sp³-hybridized carbons (Fsp3) is 0.188. The molecule has 0 aliphatic rings. The first-order valence-electron chi connectivity index (χ1n) is 6.25. The zero-order valence-corrected chi connectivity index (χ0v) is 11.1. The summed E-state index contributed by atoms with van der Waals surface area (Å²) in [5.41, 5.74) is 1.92. The van der Waals surface area contributed by atoms with Crippen molar-refractivity contribution in [3.8, 4) is 16.9 Å². The lowest BCUT2D eigenvalue weighted by molar-refractivity contribution is -0.136. The highest BCUT2D eigenvalue weighted by molar-refractivity contribution is 5.72. The van der Waals surface area contributed by atoms with Crippen LogP contribution in [0, 0.1) is 5.82 Å². The first-order chi connectivity index (χ1) is 9.61. The van der Waals surface area contributed by atoms with Crippen molar-refractivity contribution in [1.82, 2.24) is 0 Å². The van der Waals surface area contributed by atoms with Crippen LogP contribution < -0.4 is 4.74 Å². The predicted molar refractivity (Wildman–Crippen MR) is 74.3 cm³/mol. The number of carbonyl (C=O) groups is 1. The van der Waals surface area contributed by atoms with E-state index in [1.807, 2.05) is 0 Å². The van der Waals surface area contributed by atoms with E-state index in [-0.39, 0.29) is 12.2 Å². The molecule has 0 bridgehead atoms. The van der Waals surface area contributed by atoms with Crippen LogP contribution in [-0.2, 0) is 11.2 Å². The summed E-state index contributed by atoms with van der Waals surface area (Å²) in [4.78, 5) is 10.6. The van der Waals surface area contributed by atoms with E-state index >= 15 is 0 Å². The smallest absolute Gasteiger partial charge is 0.303 e. The van der Waals surface area contributed by atoms with E-state index < -0.39 is 5.97 Å². The lowest BCUT2D eigenvalue weighted by Gasteiger charge is -2.11. The van der Waals surface area contributed by atoms with E-state index in [2.05, 4.69) is 0 Å². The fourth-order valence-corrected chi connectivity index (χ4v) is 2.05. The van der Waals surface area contributed by atoms with E-state index in [0.717, 1.165) is 5.56 Å². The normalized spacial score (nSPS) is 10.3. The molecule has 3 nitrogen and oxygen atoms in total. The molecule has 0 unspecified atom stereocenters. The summed E-state index contributed by atoms with van der Waals surface area (Å²) in [7, 11) is 1.52. The minimum Gasteiger partial charge on any atom is -0.496 e. The zero-order valence-electron chi connectivity index (χ0n) is 11.1. The van der Waals surface area contributed by atoms with Crippen LogP contribution in [0.1, 0.15) is 12.0 Å². The number of halogens is 1. The minimum atomic E-state index is -0.853. The SMILES string of the molecule is COc1ccc(CCC(=O)O)cc1-c1ccccc1F. The summed E-state index contributed by atoms with van der Waals surface area (Å²) in [5.74, 6) is -0.622. The molecule has 104 valence electrons. The van der Waals surface area contributed by atoms with Gasteiger partial charge in [0.25, 0.3) is 0 Å². The number of hydrogen-bond acceptors (Lipinski definition) is 2. The van der Waals surface area contributed by atoms with Crippen LogP contribution in [0.2, 0.25) is 0 Å². The Balaban J connectivity index is 2.42. The topological polar surface area (TPSA) is 46.5 Å². The molecule has 0 spiro atoms. The Bertz CT molecular complexity index is 623. The monoisotopic (exact) mass is 274 g/mol. The van der Waals surface area contributed by atoms with Gasteiger partial charge in [-0.3, -0.25) is 4.79 Å². The molecule has 0 aromatic heterocycles. The maximum absolute atomic E-state index is 13.9. The minimum absolute atomic E-state index is 0.0447. The molecule has 0 amide bonds. The molecule has 20 heavy (non-hydrogen) atoms. The fourth-order valence-electron chi connectivity index (χ4n) is 2.05. The van der Waals surface area contributed by atoms with Gasteiger partial charge in [-0.15, -0.1) is 0 Å². The number of rotatable bonds is 5. The molecule has 1 N–H and O–H groups in total. The van der Waals surface area contributed by atoms with E-state index in [4.69, 9.17) is 9.84 Å². The second-order valence-corrected chi connectivity index (χ2v) is 4.41. The summed E-state index contributed by atoms with van der Waals surface area (Å²) in [5, 5.41) is 8.72. The molecule has 2 aromatic carbocycles. The van der Waals surface area contributed by atoms with Gasteiger partial charge in [-0.25, -0.2) is 4.39 Å². The number of carboxylic acid groups (broad SMARTS) is 1. The summed E-state index contributed by atoms with van der Waals surface area (Å²) in [6.45, 7) is 0. The van der Waals surface area contributed by atoms with Crippen molar-refractivity contribution in [1.29, 1.82) is 0 Å². The molecule has 0 saturated carbocycles. The maximum atomic E-state index is 13.9. The Hall–Kier alpha value is -2.36. The lowest BCUT2D eigenvalue weighted by atomic mass is 9.99. The van der Waals surface area contributed by atoms with Gasteiger partial charge in [-0.2, -0.15) is 0 Å². The molecule has 0 heterocycles. The van der Waals surface area contributed by atoms with Crippen LogP contribution in [0.5, 0.6) is 5.75 Å². The number of aliphatic carboxylic acids is 1. The van der Waals surface area contributed by atoms with Crippen LogP contribution in [-0.4, -0.2) is 18.2 Å². The third-order valence-corrected chi connectivity index (χ3v) is 3.06. The summed E-state index contributed by atoms with van der Waals surface area (Å²) in [6, 6.07) is 11.7. The molecule has 0 aliphatic heterocycles. The third-order valence-electron chi connectivity index (χ3n) is 3.06. The number of benzene rings is 2. The highest BCUT2D eigenvalue weighted by Crippen LogP contribution is 2.32. The molecular weight excluding hydrogens is 259 g/mol. The second-order valence-electron chi connectivity index (χ2n) is 4.41.